The molecule has 0 saturated carbocycles. The Balaban J connectivity index is 1.93. The van der Waals surface area contributed by atoms with Crippen LogP contribution in [-0.4, -0.2) is 27.0 Å². The van der Waals surface area contributed by atoms with Crippen molar-refractivity contribution in [1.82, 2.24) is 15.1 Å². The fourth-order valence-corrected chi connectivity index (χ4v) is 3.48. The van der Waals surface area contributed by atoms with E-state index in [2.05, 4.69) is 36.2 Å². The summed E-state index contributed by atoms with van der Waals surface area (Å²) in [5, 5.41) is 7.43. The van der Waals surface area contributed by atoms with E-state index in [4.69, 9.17) is 0 Å². The first-order chi connectivity index (χ1) is 11.7. The minimum atomic E-state index is -0.109. The summed E-state index contributed by atoms with van der Waals surface area (Å²) in [6.45, 7) is 4.10. The van der Waals surface area contributed by atoms with E-state index in [1.54, 1.807) is 0 Å². The van der Waals surface area contributed by atoms with Gasteiger partial charge >= 0.3 is 0 Å². The van der Waals surface area contributed by atoms with Crippen LogP contribution in [0.25, 0.3) is 11.3 Å². The van der Waals surface area contributed by atoms with Crippen molar-refractivity contribution in [2.24, 2.45) is 0 Å². The van der Waals surface area contributed by atoms with Gasteiger partial charge in [-0.2, -0.15) is 5.10 Å². The standard InChI is InChI=1S/C20H19N3O/c1-13(2)23-19(15-11-7-4-8-12-15)16-17(14-9-5-3-6-10-14)21-22-18(16)20(23)24/h3-13,19H,1-2H3,(H,21,22). The van der Waals surface area contributed by atoms with E-state index in [1.165, 1.54) is 0 Å². The van der Waals surface area contributed by atoms with Gasteiger partial charge in [0.25, 0.3) is 5.91 Å². The Kier molecular flexibility index (Phi) is 3.45. The van der Waals surface area contributed by atoms with Crippen molar-refractivity contribution in [1.29, 1.82) is 0 Å². The van der Waals surface area contributed by atoms with Gasteiger partial charge in [0.05, 0.1) is 11.7 Å². The van der Waals surface area contributed by atoms with Crippen molar-refractivity contribution < 1.29 is 4.79 Å². The highest BCUT2D eigenvalue weighted by molar-refractivity contribution is 6.00. The molecule has 0 radical (unpaired) electrons. The highest BCUT2D eigenvalue weighted by atomic mass is 16.2. The second kappa shape index (κ2) is 5.64. The molecule has 4 rings (SSSR count). The van der Waals surface area contributed by atoms with Gasteiger partial charge in [-0.15, -0.1) is 0 Å². The monoisotopic (exact) mass is 317 g/mol. The molecule has 4 heteroatoms. The van der Waals surface area contributed by atoms with Crippen molar-refractivity contribution in [3.8, 4) is 11.3 Å². The third kappa shape index (κ3) is 2.14. The summed E-state index contributed by atoms with van der Waals surface area (Å²) >= 11 is 0. The number of hydrogen-bond donors (Lipinski definition) is 1. The Morgan fingerprint density at radius 1 is 1.00 bits per heavy atom. The molecular formula is C20H19N3O. The van der Waals surface area contributed by atoms with Crippen molar-refractivity contribution in [3.05, 3.63) is 77.5 Å². The summed E-state index contributed by atoms with van der Waals surface area (Å²) in [5.41, 5.74) is 4.57. The Morgan fingerprint density at radius 3 is 2.25 bits per heavy atom. The number of hydrogen-bond acceptors (Lipinski definition) is 2. The zero-order chi connectivity index (χ0) is 16.7. The van der Waals surface area contributed by atoms with Crippen LogP contribution in [0.4, 0.5) is 0 Å². The largest absolute Gasteiger partial charge is 0.324 e. The van der Waals surface area contributed by atoms with Crippen LogP contribution < -0.4 is 0 Å². The van der Waals surface area contributed by atoms with Crippen LogP contribution in [0.1, 0.15) is 41.5 Å². The number of nitrogens with zero attached hydrogens (tertiary/aromatic N) is 2. The van der Waals surface area contributed by atoms with Gasteiger partial charge in [0.1, 0.15) is 5.69 Å². The van der Waals surface area contributed by atoms with Gasteiger partial charge in [0.2, 0.25) is 0 Å². The number of nitrogens with one attached hydrogen (secondary N) is 1. The normalized spacial score (nSPS) is 16.7. The smallest absolute Gasteiger partial charge is 0.273 e. The molecule has 0 spiro atoms. The third-order valence-electron chi connectivity index (χ3n) is 4.52. The maximum absolute atomic E-state index is 12.9. The molecule has 1 atom stereocenters. The molecule has 2 heterocycles. The van der Waals surface area contributed by atoms with E-state index in [0.29, 0.717) is 5.69 Å². The quantitative estimate of drug-likeness (QED) is 0.793. The van der Waals surface area contributed by atoms with Gasteiger partial charge in [0, 0.05) is 17.2 Å². The van der Waals surface area contributed by atoms with Crippen LogP contribution in [0, 0.1) is 0 Å². The van der Waals surface area contributed by atoms with Gasteiger partial charge in [-0.25, -0.2) is 0 Å². The van der Waals surface area contributed by atoms with Gasteiger partial charge in [-0.3, -0.25) is 9.89 Å². The Hall–Kier alpha value is -2.88. The molecule has 0 fully saturated rings. The third-order valence-corrected chi connectivity index (χ3v) is 4.52. The predicted octanol–water partition coefficient (Wildman–Crippen LogP) is 4.03. The molecule has 0 bridgehead atoms. The summed E-state index contributed by atoms with van der Waals surface area (Å²) in [7, 11) is 0. The average Bonchev–Trinajstić information content (AvgIpc) is 3.15. The van der Waals surface area contributed by atoms with Crippen molar-refractivity contribution in [3.63, 3.8) is 0 Å². The first-order valence-electron chi connectivity index (χ1n) is 8.19. The maximum Gasteiger partial charge on any atom is 0.273 e. The van der Waals surface area contributed by atoms with Crippen LogP contribution in [0.15, 0.2) is 60.7 Å². The molecule has 3 aromatic rings. The minimum absolute atomic E-state index is 0.0172. The van der Waals surface area contributed by atoms with E-state index in [0.717, 1.165) is 22.4 Å². The number of aromatic nitrogens is 2. The van der Waals surface area contributed by atoms with Crippen LogP contribution in [0.2, 0.25) is 0 Å². The fraction of sp³-hybridized carbons (Fsp3) is 0.200. The zero-order valence-electron chi connectivity index (χ0n) is 13.7. The van der Waals surface area contributed by atoms with Crippen molar-refractivity contribution >= 4 is 5.91 Å². The summed E-state index contributed by atoms with van der Waals surface area (Å²) in [4.78, 5) is 14.9. The number of amides is 1. The van der Waals surface area contributed by atoms with Crippen LogP contribution in [0.5, 0.6) is 0 Å². The first-order valence-corrected chi connectivity index (χ1v) is 8.19. The average molecular weight is 317 g/mol. The Morgan fingerprint density at radius 2 is 1.62 bits per heavy atom. The van der Waals surface area contributed by atoms with E-state index < -0.39 is 0 Å². The molecule has 1 amide bonds. The number of benzene rings is 2. The van der Waals surface area contributed by atoms with E-state index in [-0.39, 0.29) is 18.0 Å². The number of carbonyl (C=O) groups is 1. The van der Waals surface area contributed by atoms with Crippen molar-refractivity contribution in [2.75, 3.05) is 0 Å². The molecule has 0 saturated heterocycles. The molecule has 1 aliphatic rings. The van der Waals surface area contributed by atoms with Gasteiger partial charge in [-0.1, -0.05) is 60.7 Å². The van der Waals surface area contributed by atoms with Gasteiger partial charge in [-0.05, 0) is 19.4 Å². The zero-order valence-corrected chi connectivity index (χ0v) is 13.7. The number of H-pyrrole nitrogens is 1. The second-order valence-electron chi connectivity index (χ2n) is 6.35. The maximum atomic E-state index is 12.9. The molecule has 24 heavy (non-hydrogen) atoms. The highest BCUT2D eigenvalue weighted by Crippen LogP contribution is 2.43. The molecule has 4 nitrogen and oxygen atoms in total. The second-order valence-corrected chi connectivity index (χ2v) is 6.35. The summed E-state index contributed by atoms with van der Waals surface area (Å²) in [6.07, 6.45) is 0. The van der Waals surface area contributed by atoms with Crippen LogP contribution in [-0.2, 0) is 0 Å². The molecule has 2 aromatic carbocycles. The van der Waals surface area contributed by atoms with Crippen LogP contribution in [0.3, 0.4) is 0 Å². The Labute approximate surface area is 141 Å². The lowest BCUT2D eigenvalue weighted by atomic mass is 9.96. The molecular weight excluding hydrogens is 298 g/mol. The lowest BCUT2D eigenvalue weighted by Crippen LogP contribution is -2.35. The van der Waals surface area contributed by atoms with Crippen LogP contribution >= 0.6 is 0 Å². The number of fused-ring (bicyclic) bond motifs is 1. The topological polar surface area (TPSA) is 49.0 Å². The van der Waals surface area contributed by atoms with E-state index in [9.17, 15) is 4.79 Å². The van der Waals surface area contributed by atoms with Crippen molar-refractivity contribution in [2.45, 2.75) is 25.9 Å². The predicted molar refractivity (Wildman–Crippen MR) is 93.6 cm³/mol. The number of carbonyl (C=O) groups excluding carboxylic acids is 1. The van der Waals surface area contributed by atoms with Gasteiger partial charge in [0.15, 0.2) is 0 Å². The Bertz CT molecular complexity index is 868. The minimum Gasteiger partial charge on any atom is -0.324 e. The highest BCUT2D eigenvalue weighted by Gasteiger charge is 2.43. The molecule has 1 aromatic heterocycles. The SMILES string of the molecule is CC(C)N1C(=O)c2[nH]nc(-c3ccccc3)c2C1c1ccccc1. The summed E-state index contributed by atoms with van der Waals surface area (Å²) in [5.74, 6) is 0.0172. The molecule has 1 N–H and O–H groups in total. The van der Waals surface area contributed by atoms with E-state index in [1.807, 2.05) is 53.4 Å². The summed E-state index contributed by atoms with van der Waals surface area (Å²) < 4.78 is 0. The fourth-order valence-electron chi connectivity index (χ4n) is 3.48. The van der Waals surface area contributed by atoms with Gasteiger partial charge < -0.3 is 4.90 Å². The molecule has 0 aliphatic carbocycles. The molecule has 1 aliphatic heterocycles. The lowest BCUT2D eigenvalue weighted by Gasteiger charge is -2.29. The van der Waals surface area contributed by atoms with E-state index >= 15 is 0 Å². The number of rotatable bonds is 3. The number of aromatic amines is 1. The molecule has 1 unspecified atom stereocenters. The molecule has 120 valence electrons. The lowest BCUT2D eigenvalue weighted by molar-refractivity contribution is 0.0688. The first kappa shape index (κ1) is 14.7. The summed E-state index contributed by atoms with van der Waals surface area (Å²) in [6, 6.07) is 20.2.